The molecule has 0 bridgehead atoms. The van der Waals surface area contributed by atoms with Crippen molar-refractivity contribution in [2.45, 2.75) is 6.42 Å². The first-order chi connectivity index (χ1) is 6.18. The molecule has 0 atom stereocenters. The number of aromatic nitrogens is 2. The van der Waals surface area contributed by atoms with E-state index in [0.717, 1.165) is 0 Å². The number of nitrogens with one attached hydrogen (secondary N) is 2. The molecule has 0 fully saturated rings. The number of carboxylic acids is 1. The standard InChI is InChI=1S/C7H9N3O3/c11-6-3-5(9-4-10-6)8-2-1-7(12)13/h3-4H,1-2H2,(H,12,13)(H2,8,9,10,11). The number of H-pyrrole nitrogens is 1. The first-order valence-electron chi connectivity index (χ1n) is 3.69. The fraction of sp³-hybridized carbons (Fsp3) is 0.286. The number of carboxylic acid groups (broad SMARTS) is 1. The Morgan fingerprint density at radius 2 is 2.46 bits per heavy atom. The van der Waals surface area contributed by atoms with E-state index < -0.39 is 5.97 Å². The molecule has 0 saturated heterocycles. The SMILES string of the molecule is O=C(O)CCNc1cc(=O)[nH]cn1. The largest absolute Gasteiger partial charge is 0.481 e. The highest BCUT2D eigenvalue weighted by molar-refractivity contribution is 5.67. The molecule has 1 aromatic heterocycles. The maximum absolute atomic E-state index is 10.7. The van der Waals surface area contributed by atoms with Gasteiger partial charge in [0.05, 0.1) is 12.7 Å². The molecule has 0 unspecified atom stereocenters. The molecule has 70 valence electrons. The second-order valence-corrected chi connectivity index (χ2v) is 2.37. The van der Waals surface area contributed by atoms with Gasteiger partial charge < -0.3 is 15.4 Å². The van der Waals surface area contributed by atoms with Crippen LogP contribution >= 0.6 is 0 Å². The molecule has 1 aromatic rings. The van der Waals surface area contributed by atoms with Crippen molar-refractivity contribution < 1.29 is 9.90 Å². The van der Waals surface area contributed by atoms with Crippen LogP contribution in [0.5, 0.6) is 0 Å². The zero-order chi connectivity index (χ0) is 9.68. The van der Waals surface area contributed by atoms with Gasteiger partial charge >= 0.3 is 5.97 Å². The lowest BCUT2D eigenvalue weighted by Crippen LogP contribution is -2.12. The number of hydrogen-bond donors (Lipinski definition) is 3. The Kier molecular flexibility index (Phi) is 3.02. The minimum atomic E-state index is -0.891. The molecule has 6 heteroatoms. The summed E-state index contributed by atoms with van der Waals surface area (Å²) in [6.07, 6.45) is 1.25. The van der Waals surface area contributed by atoms with Crippen molar-refractivity contribution in [3.63, 3.8) is 0 Å². The predicted molar refractivity (Wildman–Crippen MR) is 45.6 cm³/mol. The van der Waals surface area contributed by atoms with Gasteiger partial charge in [-0.1, -0.05) is 0 Å². The van der Waals surface area contributed by atoms with Gasteiger partial charge in [-0.2, -0.15) is 0 Å². The first-order valence-corrected chi connectivity index (χ1v) is 3.69. The van der Waals surface area contributed by atoms with Crippen LogP contribution < -0.4 is 10.9 Å². The summed E-state index contributed by atoms with van der Waals surface area (Å²) >= 11 is 0. The van der Waals surface area contributed by atoms with Crippen molar-refractivity contribution >= 4 is 11.8 Å². The molecule has 0 spiro atoms. The Morgan fingerprint density at radius 1 is 1.69 bits per heavy atom. The summed E-state index contributed by atoms with van der Waals surface area (Å²) in [6, 6.07) is 1.27. The second-order valence-electron chi connectivity index (χ2n) is 2.37. The van der Waals surface area contributed by atoms with Crippen molar-refractivity contribution in [1.82, 2.24) is 9.97 Å². The normalized spacial score (nSPS) is 9.54. The van der Waals surface area contributed by atoms with E-state index in [9.17, 15) is 9.59 Å². The minimum Gasteiger partial charge on any atom is -0.481 e. The number of nitrogens with zero attached hydrogens (tertiary/aromatic N) is 1. The van der Waals surface area contributed by atoms with E-state index in [1.807, 2.05) is 0 Å². The third-order valence-corrected chi connectivity index (χ3v) is 1.32. The van der Waals surface area contributed by atoms with Crippen LogP contribution in [-0.4, -0.2) is 27.6 Å². The number of aliphatic carboxylic acids is 1. The summed E-state index contributed by atoms with van der Waals surface area (Å²) in [4.78, 5) is 27.0. The van der Waals surface area contributed by atoms with Gasteiger partial charge in [0.2, 0.25) is 0 Å². The molecule has 0 saturated carbocycles. The fourth-order valence-corrected chi connectivity index (χ4v) is 0.763. The van der Waals surface area contributed by atoms with E-state index in [0.29, 0.717) is 5.82 Å². The van der Waals surface area contributed by atoms with Crippen molar-refractivity contribution in [2.75, 3.05) is 11.9 Å². The van der Waals surface area contributed by atoms with Crippen molar-refractivity contribution in [3.8, 4) is 0 Å². The number of aromatic amines is 1. The molecular formula is C7H9N3O3. The molecule has 0 radical (unpaired) electrons. The van der Waals surface area contributed by atoms with Crippen molar-refractivity contribution in [1.29, 1.82) is 0 Å². The summed E-state index contributed by atoms with van der Waals surface area (Å²) in [5.41, 5.74) is -0.271. The summed E-state index contributed by atoms with van der Waals surface area (Å²) in [6.45, 7) is 0.256. The molecule has 1 rings (SSSR count). The Hall–Kier alpha value is -1.85. The third-order valence-electron chi connectivity index (χ3n) is 1.32. The lowest BCUT2D eigenvalue weighted by Gasteiger charge is -2.00. The number of hydrogen-bond acceptors (Lipinski definition) is 4. The van der Waals surface area contributed by atoms with Crippen molar-refractivity contribution in [3.05, 3.63) is 22.7 Å². The quantitative estimate of drug-likeness (QED) is 0.593. The molecule has 0 aliphatic carbocycles. The minimum absolute atomic E-state index is 0.00548. The molecule has 1 heterocycles. The molecular weight excluding hydrogens is 174 g/mol. The monoisotopic (exact) mass is 183 g/mol. The van der Waals surface area contributed by atoms with Gasteiger partial charge in [0.15, 0.2) is 0 Å². The summed E-state index contributed by atoms with van der Waals surface area (Å²) in [5, 5.41) is 11.0. The fourth-order valence-electron chi connectivity index (χ4n) is 0.763. The average molecular weight is 183 g/mol. The van der Waals surface area contributed by atoms with Gasteiger partial charge in [0.25, 0.3) is 5.56 Å². The lowest BCUT2D eigenvalue weighted by atomic mass is 10.4. The molecule has 0 aliphatic rings. The summed E-state index contributed by atoms with van der Waals surface area (Å²) < 4.78 is 0. The average Bonchev–Trinajstić information content (AvgIpc) is 2.03. The topological polar surface area (TPSA) is 95.1 Å². The van der Waals surface area contributed by atoms with E-state index in [1.165, 1.54) is 12.4 Å². The van der Waals surface area contributed by atoms with E-state index in [1.54, 1.807) is 0 Å². The molecule has 6 nitrogen and oxygen atoms in total. The Morgan fingerprint density at radius 3 is 3.08 bits per heavy atom. The molecule has 13 heavy (non-hydrogen) atoms. The van der Waals surface area contributed by atoms with Gasteiger partial charge in [0, 0.05) is 12.6 Å². The van der Waals surface area contributed by atoms with Crippen LogP contribution in [0, 0.1) is 0 Å². The van der Waals surface area contributed by atoms with Crippen molar-refractivity contribution in [2.24, 2.45) is 0 Å². The first kappa shape index (κ1) is 9.24. The van der Waals surface area contributed by atoms with Gasteiger partial charge in [-0.05, 0) is 0 Å². The van der Waals surface area contributed by atoms with Gasteiger partial charge in [0.1, 0.15) is 5.82 Å². The van der Waals surface area contributed by atoms with Gasteiger partial charge in [-0.15, -0.1) is 0 Å². The Bertz CT molecular complexity index is 347. The maximum Gasteiger partial charge on any atom is 0.305 e. The van der Waals surface area contributed by atoms with Crippen LogP contribution in [0.3, 0.4) is 0 Å². The molecule has 0 aliphatic heterocycles. The molecule has 3 N–H and O–H groups in total. The van der Waals surface area contributed by atoms with Crippen LogP contribution in [-0.2, 0) is 4.79 Å². The van der Waals surface area contributed by atoms with Crippen LogP contribution in [0.15, 0.2) is 17.2 Å². The smallest absolute Gasteiger partial charge is 0.305 e. The van der Waals surface area contributed by atoms with Crippen LogP contribution in [0.25, 0.3) is 0 Å². The number of anilines is 1. The van der Waals surface area contributed by atoms with Gasteiger partial charge in [-0.25, -0.2) is 4.98 Å². The zero-order valence-corrected chi connectivity index (χ0v) is 6.78. The third kappa shape index (κ3) is 3.37. The summed E-state index contributed by atoms with van der Waals surface area (Å²) in [7, 11) is 0. The Labute approximate surface area is 73.6 Å². The second kappa shape index (κ2) is 4.24. The van der Waals surface area contributed by atoms with Crippen LogP contribution in [0.2, 0.25) is 0 Å². The maximum atomic E-state index is 10.7. The zero-order valence-electron chi connectivity index (χ0n) is 6.78. The highest BCUT2D eigenvalue weighted by Gasteiger charge is 1.97. The van der Waals surface area contributed by atoms with E-state index in [-0.39, 0.29) is 18.5 Å². The Balaban J connectivity index is 2.45. The highest BCUT2D eigenvalue weighted by atomic mass is 16.4. The van der Waals surface area contributed by atoms with Crippen LogP contribution in [0.4, 0.5) is 5.82 Å². The van der Waals surface area contributed by atoms with Crippen LogP contribution in [0.1, 0.15) is 6.42 Å². The summed E-state index contributed by atoms with van der Waals surface area (Å²) in [5.74, 6) is -0.512. The number of rotatable bonds is 4. The van der Waals surface area contributed by atoms with E-state index in [2.05, 4.69) is 15.3 Å². The lowest BCUT2D eigenvalue weighted by molar-refractivity contribution is -0.136. The van der Waals surface area contributed by atoms with E-state index in [4.69, 9.17) is 5.11 Å². The highest BCUT2D eigenvalue weighted by Crippen LogP contribution is 1.94. The van der Waals surface area contributed by atoms with Gasteiger partial charge in [-0.3, -0.25) is 9.59 Å². The predicted octanol–water partition coefficient (Wildman–Crippen LogP) is -0.344. The van der Waals surface area contributed by atoms with E-state index >= 15 is 0 Å². The molecule has 0 amide bonds. The molecule has 0 aromatic carbocycles. The number of carbonyl (C=O) groups is 1.